The number of rotatable bonds is 2. The van der Waals surface area contributed by atoms with Crippen LogP contribution >= 0.6 is 15.9 Å². The third-order valence-corrected chi connectivity index (χ3v) is 5.10. The molecule has 0 N–H and O–H groups in total. The Hall–Kier alpha value is -0.390. The van der Waals surface area contributed by atoms with Crippen molar-refractivity contribution < 1.29 is 8.42 Å². The molecule has 5 heteroatoms. The van der Waals surface area contributed by atoms with Crippen molar-refractivity contribution in [3.63, 3.8) is 0 Å². The molecule has 0 spiro atoms. The standard InChI is InChI=1S/C11H14BrNO2S/c12-11-5-3-4-10(8-11)9-13-6-1-2-7-16(13,14)15/h3-5,8H,1-2,6-7,9H2. The number of hydrogen-bond acceptors (Lipinski definition) is 2. The lowest BCUT2D eigenvalue weighted by atomic mass is 10.2. The van der Waals surface area contributed by atoms with Crippen LogP contribution in [0.1, 0.15) is 18.4 Å². The molecule has 1 heterocycles. The minimum atomic E-state index is -3.02. The topological polar surface area (TPSA) is 37.4 Å². The normalized spacial score (nSPS) is 20.8. The van der Waals surface area contributed by atoms with Crippen LogP contribution in [0.25, 0.3) is 0 Å². The van der Waals surface area contributed by atoms with Crippen molar-refractivity contribution in [1.29, 1.82) is 0 Å². The minimum absolute atomic E-state index is 0.293. The van der Waals surface area contributed by atoms with Gasteiger partial charge in [0, 0.05) is 17.6 Å². The van der Waals surface area contributed by atoms with Crippen LogP contribution in [-0.4, -0.2) is 25.0 Å². The van der Waals surface area contributed by atoms with Gasteiger partial charge < -0.3 is 0 Å². The lowest BCUT2D eigenvalue weighted by Crippen LogP contribution is -2.37. The number of sulfonamides is 1. The van der Waals surface area contributed by atoms with E-state index in [0.29, 0.717) is 18.8 Å². The summed E-state index contributed by atoms with van der Waals surface area (Å²) >= 11 is 3.39. The molecule has 16 heavy (non-hydrogen) atoms. The van der Waals surface area contributed by atoms with Crippen LogP contribution in [0.15, 0.2) is 28.7 Å². The zero-order chi connectivity index (χ0) is 11.6. The summed E-state index contributed by atoms with van der Waals surface area (Å²) in [6.45, 7) is 1.14. The quantitative estimate of drug-likeness (QED) is 0.841. The maximum absolute atomic E-state index is 11.8. The van der Waals surface area contributed by atoms with Crippen LogP contribution in [0.3, 0.4) is 0 Å². The minimum Gasteiger partial charge on any atom is -0.212 e. The molecule has 0 aliphatic carbocycles. The molecule has 1 aromatic rings. The number of nitrogens with zero attached hydrogens (tertiary/aromatic N) is 1. The van der Waals surface area contributed by atoms with Gasteiger partial charge in [0.2, 0.25) is 10.0 Å². The Kier molecular flexibility index (Phi) is 3.66. The highest BCUT2D eigenvalue weighted by atomic mass is 79.9. The van der Waals surface area contributed by atoms with E-state index in [0.717, 1.165) is 22.9 Å². The van der Waals surface area contributed by atoms with Gasteiger partial charge in [-0.3, -0.25) is 0 Å². The SMILES string of the molecule is O=S1(=O)CCCCN1Cc1cccc(Br)c1. The van der Waals surface area contributed by atoms with Crippen LogP contribution < -0.4 is 0 Å². The lowest BCUT2D eigenvalue weighted by molar-refractivity contribution is 0.378. The maximum Gasteiger partial charge on any atom is 0.214 e. The van der Waals surface area contributed by atoms with E-state index < -0.39 is 10.0 Å². The summed E-state index contributed by atoms with van der Waals surface area (Å²) in [4.78, 5) is 0. The van der Waals surface area contributed by atoms with Gasteiger partial charge in [-0.05, 0) is 30.5 Å². The smallest absolute Gasteiger partial charge is 0.212 e. The van der Waals surface area contributed by atoms with Crippen molar-refractivity contribution in [3.8, 4) is 0 Å². The Morgan fingerprint density at radius 2 is 2.12 bits per heavy atom. The van der Waals surface area contributed by atoms with Gasteiger partial charge in [-0.2, -0.15) is 4.31 Å². The molecule has 0 saturated carbocycles. The maximum atomic E-state index is 11.8. The highest BCUT2D eigenvalue weighted by Crippen LogP contribution is 2.19. The molecular weight excluding hydrogens is 290 g/mol. The van der Waals surface area contributed by atoms with Gasteiger partial charge in [0.25, 0.3) is 0 Å². The monoisotopic (exact) mass is 303 g/mol. The molecule has 0 aromatic heterocycles. The molecule has 1 aliphatic rings. The predicted molar refractivity (Wildman–Crippen MR) is 67.6 cm³/mol. The second-order valence-electron chi connectivity index (χ2n) is 3.99. The Morgan fingerprint density at radius 1 is 1.31 bits per heavy atom. The van der Waals surface area contributed by atoms with E-state index in [9.17, 15) is 8.42 Å². The van der Waals surface area contributed by atoms with E-state index in [1.807, 2.05) is 24.3 Å². The highest BCUT2D eigenvalue weighted by Gasteiger charge is 2.25. The molecule has 1 aliphatic heterocycles. The molecule has 0 unspecified atom stereocenters. The fraction of sp³-hybridized carbons (Fsp3) is 0.455. The average molecular weight is 304 g/mol. The van der Waals surface area contributed by atoms with Crippen molar-refractivity contribution in [3.05, 3.63) is 34.3 Å². The molecule has 3 nitrogen and oxygen atoms in total. The predicted octanol–water partition coefficient (Wildman–Crippen LogP) is 2.37. The van der Waals surface area contributed by atoms with Gasteiger partial charge in [0.15, 0.2) is 0 Å². The van der Waals surface area contributed by atoms with E-state index in [2.05, 4.69) is 15.9 Å². The van der Waals surface area contributed by atoms with E-state index in [-0.39, 0.29) is 0 Å². The first-order valence-electron chi connectivity index (χ1n) is 5.30. The Bertz CT molecular complexity index is 473. The van der Waals surface area contributed by atoms with Gasteiger partial charge in [-0.1, -0.05) is 28.1 Å². The summed E-state index contributed by atoms with van der Waals surface area (Å²) < 4.78 is 26.1. The van der Waals surface area contributed by atoms with E-state index in [1.165, 1.54) is 0 Å². The van der Waals surface area contributed by atoms with Crippen LogP contribution in [-0.2, 0) is 16.6 Å². The lowest BCUT2D eigenvalue weighted by Gasteiger charge is -2.26. The first kappa shape index (κ1) is 12.1. The summed E-state index contributed by atoms with van der Waals surface area (Å²) in [5.74, 6) is 0.293. The van der Waals surface area contributed by atoms with Gasteiger partial charge in [-0.15, -0.1) is 0 Å². The largest absolute Gasteiger partial charge is 0.214 e. The third kappa shape index (κ3) is 2.84. The molecule has 1 saturated heterocycles. The first-order valence-corrected chi connectivity index (χ1v) is 7.70. The van der Waals surface area contributed by atoms with Crippen LogP contribution in [0, 0.1) is 0 Å². The highest BCUT2D eigenvalue weighted by molar-refractivity contribution is 9.10. The molecular formula is C11H14BrNO2S. The summed E-state index contributed by atoms with van der Waals surface area (Å²) in [7, 11) is -3.02. The molecule has 0 bridgehead atoms. The fourth-order valence-electron chi connectivity index (χ4n) is 1.86. The summed E-state index contributed by atoms with van der Waals surface area (Å²) in [5.41, 5.74) is 1.03. The number of hydrogen-bond donors (Lipinski definition) is 0. The van der Waals surface area contributed by atoms with E-state index in [4.69, 9.17) is 0 Å². The summed E-state index contributed by atoms with van der Waals surface area (Å²) in [6.07, 6.45) is 1.75. The van der Waals surface area contributed by atoms with Gasteiger partial charge >= 0.3 is 0 Å². The first-order chi connectivity index (χ1) is 7.58. The molecule has 1 aromatic carbocycles. The van der Waals surface area contributed by atoms with Crippen molar-refractivity contribution >= 4 is 26.0 Å². The van der Waals surface area contributed by atoms with Crippen LogP contribution in [0.5, 0.6) is 0 Å². The third-order valence-electron chi connectivity index (χ3n) is 2.70. The molecule has 1 fully saturated rings. The Labute approximate surface area is 105 Å². The summed E-state index contributed by atoms with van der Waals surface area (Å²) in [5, 5.41) is 0. The molecule has 0 amide bonds. The van der Waals surface area contributed by atoms with E-state index in [1.54, 1.807) is 4.31 Å². The second kappa shape index (κ2) is 4.85. The molecule has 2 rings (SSSR count). The van der Waals surface area contributed by atoms with Crippen LogP contribution in [0.2, 0.25) is 0 Å². The zero-order valence-electron chi connectivity index (χ0n) is 8.89. The Morgan fingerprint density at radius 3 is 2.81 bits per heavy atom. The average Bonchev–Trinajstić information content (AvgIpc) is 2.21. The van der Waals surface area contributed by atoms with Crippen molar-refractivity contribution in [2.45, 2.75) is 19.4 Å². The second-order valence-corrected chi connectivity index (χ2v) is 6.99. The van der Waals surface area contributed by atoms with E-state index >= 15 is 0 Å². The van der Waals surface area contributed by atoms with Gasteiger partial charge in [-0.25, -0.2) is 8.42 Å². The fourth-order valence-corrected chi connectivity index (χ4v) is 3.88. The van der Waals surface area contributed by atoms with Gasteiger partial charge in [0.1, 0.15) is 0 Å². The Balaban J connectivity index is 2.15. The van der Waals surface area contributed by atoms with Crippen LogP contribution in [0.4, 0.5) is 0 Å². The number of benzene rings is 1. The molecule has 0 atom stereocenters. The zero-order valence-corrected chi connectivity index (χ0v) is 11.3. The van der Waals surface area contributed by atoms with Crippen molar-refractivity contribution in [2.75, 3.05) is 12.3 Å². The molecule has 88 valence electrons. The van der Waals surface area contributed by atoms with Gasteiger partial charge in [0.05, 0.1) is 5.75 Å². The van der Waals surface area contributed by atoms with Crippen molar-refractivity contribution in [1.82, 2.24) is 4.31 Å². The van der Waals surface area contributed by atoms with Crippen molar-refractivity contribution in [2.24, 2.45) is 0 Å². The summed E-state index contributed by atoms with van der Waals surface area (Å²) in [6, 6.07) is 7.78. The molecule has 0 radical (unpaired) electrons. The number of halogens is 1.